The molecule has 0 spiro atoms. The number of carboxylic acids is 1. The molecule has 2 rings (SSSR count). The predicted octanol–water partition coefficient (Wildman–Crippen LogP) is 0.537. The zero-order valence-electron chi connectivity index (χ0n) is 6.69. The van der Waals surface area contributed by atoms with Gasteiger partial charge in [0.15, 0.2) is 0 Å². The van der Waals surface area contributed by atoms with E-state index < -0.39 is 5.97 Å². The minimum Gasteiger partial charge on any atom is -0.481 e. The second-order valence-corrected chi connectivity index (χ2v) is 2.65. The number of carboxylic acid groups (broad SMARTS) is 1. The number of rotatable bonds is 2. The third kappa shape index (κ3) is 1.35. The van der Waals surface area contributed by atoms with Crippen LogP contribution in [0.5, 0.6) is 0 Å². The van der Waals surface area contributed by atoms with Crippen LogP contribution < -0.4 is 0 Å². The molecule has 66 valence electrons. The smallest absolute Gasteiger partial charge is 0.309 e. The number of aromatic nitrogens is 3. The summed E-state index contributed by atoms with van der Waals surface area (Å²) in [5.74, 6) is -0.888. The molecule has 0 radical (unpaired) electrons. The monoisotopic (exact) mass is 177 g/mol. The van der Waals surface area contributed by atoms with Crippen molar-refractivity contribution < 1.29 is 9.90 Å². The van der Waals surface area contributed by atoms with Gasteiger partial charge in [0, 0.05) is 11.8 Å². The van der Waals surface area contributed by atoms with E-state index in [4.69, 9.17) is 5.11 Å². The first-order valence-corrected chi connectivity index (χ1v) is 3.75. The lowest BCUT2D eigenvalue weighted by atomic mass is 10.1. The summed E-state index contributed by atoms with van der Waals surface area (Å²) < 4.78 is 0. The second-order valence-electron chi connectivity index (χ2n) is 2.65. The number of carbonyl (C=O) groups is 1. The van der Waals surface area contributed by atoms with Gasteiger partial charge in [0.25, 0.3) is 0 Å². The Morgan fingerprint density at radius 3 is 3.15 bits per heavy atom. The minimum atomic E-state index is -0.888. The molecule has 0 saturated carbocycles. The van der Waals surface area contributed by atoms with E-state index in [1.807, 2.05) is 0 Å². The zero-order valence-corrected chi connectivity index (χ0v) is 6.69. The molecular formula is C8H7N3O2. The highest BCUT2D eigenvalue weighted by Crippen LogP contribution is 2.20. The number of aromatic amines is 1. The standard InChI is InChI=1S/C8H7N3O2/c12-8(13)1-6-5-2-9-3-7(5)11-4-10-6/h2-4H,1H2,(H,10,11)(H,12,13). The summed E-state index contributed by atoms with van der Waals surface area (Å²) in [6.45, 7) is 0. The number of aliphatic carboxylic acids is 1. The third-order valence-electron chi connectivity index (χ3n) is 1.77. The predicted molar refractivity (Wildman–Crippen MR) is 44.3 cm³/mol. The van der Waals surface area contributed by atoms with E-state index >= 15 is 0 Å². The quantitative estimate of drug-likeness (QED) is 0.701. The van der Waals surface area contributed by atoms with Crippen molar-refractivity contribution in [1.29, 1.82) is 0 Å². The highest BCUT2D eigenvalue weighted by atomic mass is 16.4. The van der Waals surface area contributed by atoms with Crippen LogP contribution in [-0.4, -0.2) is 26.0 Å². The van der Waals surface area contributed by atoms with Crippen LogP contribution in [0.4, 0.5) is 0 Å². The van der Waals surface area contributed by atoms with Crippen LogP contribution in [0.25, 0.3) is 11.3 Å². The Morgan fingerprint density at radius 1 is 1.54 bits per heavy atom. The number of hydrogen-bond acceptors (Lipinski definition) is 3. The molecular weight excluding hydrogens is 170 g/mol. The Kier molecular flexibility index (Phi) is 1.70. The number of hydrogen-bond donors (Lipinski definition) is 2. The van der Waals surface area contributed by atoms with Crippen LogP contribution in [0.2, 0.25) is 0 Å². The molecule has 0 aromatic rings. The van der Waals surface area contributed by atoms with E-state index in [2.05, 4.69) is 15.0 Å². The SMILES string of the molecule is O=C(O)Cc1nc[nH]c2cncc1-2. The Morgan fingerprint density at radius 2 is 2.38 bits per heavy atom. The van der Waals surface area contributed by atoms with Crippen LogP contribution in [0.3, 0.4) is 0 Å². The van der Waals surface area contributed by atoms with Crippen molar-refractivity contribution in [3.05, 3.63) is 24.4 Å². The van der Waals surface area contributed by atoms with Crippen molar-refractivity contribution in [2.45, 2.75) is 6.42 Å². The van der Waals surface area contributed by atoms with Gasteiger partial charge in [-0.2, -0.15) is 0 Å². The first-order chi connectivity index (χ1) is 6.27. The van der Waals surface area contributed by atoms with E-state index in [9.17, 15) is 4.79 Å². The Bertz CT molecular complexity index is 410. The van der Waals surface area contributed by atoms with E-state index in [1.54, 1.807) is 12.4 Å². The summed E-state index contributed by atoms with van der Waals surface area (Å²) in [6.07, 6.45) is 4.65. The van der Waals surface area contributed by atoms with Crippen LogP contribution >= 0.6 is 0 Å². The van der Waals surface area contributed by atoms with Crippen LogP contribution in [0.1, 0.15) is 5.69 Å². The molecule has 0 amide bonds. The zero-order chi connectivity index (χ0) is 9.26. The normalized spacial score (nSPS) is 10.5. The fourth-order valence-corrected chi connectivity index (χ4v) is 1.20. The van der Waals surface area contributed by atoms with Gasteiger partial charge in [0.2, 0.25) is 0 Å². The van der Waals surface area contributed by atoms with Crippen LogP contribution in [-0.2, 0) is 11.2 Å². The van der Waals surface area contributed by atoms with Crippen LogP contribution in [0.15, 0.2) is 18.7 Å². The fourth-order valence-electron chi connectivity index (χ4n) is 1.20. The summed E-state index contributed by atoms with van der Waals surface area (Å²) in [5, 5.41) is 8.59. The average molecular weight is 177 g/mol. The maximum absolute atomic E-state index is 10.5. The number of nitrogens with one attached hydrogen (secondary N) is 1. The molecule has 0 bridgehead atoms. The Labute approximate surface area is 73.8 Å². The first-order valence-electron chi connectivity index (χ1n) is 3.75. The van der Waals surface area contributed by atoms with Crippen molar-refractivity contribution >= 4 is 5.97 Å². The molecule has 0 aliphatic carbocycles. The largest absolute Gasteiger partial charge is 0.481 e. The Hall–Kier alpha value is -1.91. The first kappa shape index (κ1) is 7.72. The van der Waals surface area contributed by atoms with Gasteiger partial charge in [-0.15, -0.1) is 0 Å². The molecule has 0 aromatic carbocycles. The van der Waals surface area contributed by atoms with Gasteiger partial charge in [-0.05, 0) is 0 Å². The van der Waals surface area contributed by atoms with Gasteiger partial charge in [0.1, 0.15) is 0 Å². The molecule has 5 nitrogen and oxygen atoms in total. The molecule has 0 saturated heterocycles. The fraction of sp³-hybridized carbons (Fsp3) is 0.125. The summed E-state index contributed by atoms with van der Waals surface area (Å²) in [5.41, 5.74) is 2.12. The summed E-state index contributed by atoms with van der Waals surface area (Å²) >= 11 is 0. The summed E-state index contributed by atoms with van der Waals surface area (Å²) in [7, 11) is 0. The van der Waals surface area contributed by atoms with Gasteiger partial charge in [-0.1, -0.05) is 0 Å². The van der Waals surface area contributed by atoms with Gasteiger partial charge in [-0.25, -0.2) is 4.98 Å². The number of nitrogens with zero attached hydrogens (tertiary/aromatic N) is 2. The van der Waals surface area contributed by atoms with Crippen molar-refractivity contribution in [3.8, 4) is 11.3 Å². The van der Waals surface area contributed by atoms with Crippen molar-refractivity contribution in [3.63, 3.8) is 0 Å². The summed E-state index contributed by atoms with van der Waals surface area (Å²) in [6, 6.07) is 0. The van der Waals surface area contributed by atoms with E-state index in [1.165, 1.54) is 6.33 Å². The highest BCUT2D eigenvalue weighted by molar-refractivity contribution is 5.74. The lowest BCUT2D eigenvalue weighted by molar-refractivity contribution is -0.136. The maximum Gasteiger partial charge on any atom is 0.309 e. The molecule has 2 N–H and O–H groups in total. The molecule has 2 heterocycles. The molecule has 5 heteroatoms. The highest BCUT2D eigenvalue weighted by Gasteiger charge is 2.12. The van der Waals surface area contributed by atoms with Gasteiger partial charge in [0.05, 0.1) is 30.3 Å². The maximum atomic E-state index is 10.5. The lowest BCUT2D eigenvalue weighted by Crippen LogP contribution is -2.04. The molecule has 0 unspecified atom stereocenters. The molecule has 0 fully saturated rings. The molecule has 2 aliphatic heterocycles. The second kappa shape index (κ2) is 2.85. The Balaban J connectivity index is 2.46. The van der Waals surface area contributed by atoms with Crippen molar-refractivity contribution in [1.82, 2.24) is 15.0 Å². The van der Waals surface area contributed by atoms with Gasteiger partial charge < -0.3 is 10.1 Å². The molecule has 0 atom stereocenters. The average Bonchev–Trinajstić information content (AvgIpc) is 2.51. The minimum absolute atomic E-state index is 0.0725. The van der Waals surface area contributed by atoms with Gasteiger partial charge in [-0.3, -0.25) is 9.78 Å². The van der Waals surface area contributed by atoms with E-state index in [-0.39, 0.29) is 6.42 Å². The number of H-pyrrole nitrogens is 1. The van der Waals surface area contributed by atoms with Crippen molar-refractivity contribution in [2.75, 3.05) is 0 Å². The van der Waals surface area contributed by atoms with E-state index in [0.717, 1.165) is 11.3 Å². The van der Waals surface area contributed by atoms with Gasteiger partial charge >= 0.3 is 5.97 Å². The lowest BCUT2D eigenvalue weighted by Gasteiger charge is -2.02. The topological polar surface area (TPSA) is 78.9 Å². The van der Waals surface area contributed by atoms with Crippen LogP contribution in [0, 0.1) is 0 Å². The van der Waals surface area contributed by atoms with E-state index in [0.29, 0.717) is 5.69 Å². The number of fused-ring (bicyclic) bond motifs is 1. The summed E-state index contributed by atoms with van der Waals surface area (Å²) in [4.78, 5) is 21.2. The third-order valence-corrected chi connectivity index (χ3v) is 1.77. The van der Waals surface area contributed by atoms with Crippen molar-refractivity contribution in [2.24, 2.45) is 0 Å². The molecule has 2 aliphatic rings. The molecule has 13 heavy (non-hydrogen) atoms. The molecule has 0 aromatic heterocycles.